The fraction of sp³-hybridized carbons (Fsp3) is 0.395. The van der Waals surface area contributed by atoms with Crippen molar-refractivity contribution in [2.45, 2.75) is 58.9 Å². The van der Waals surface area contributed by atoms with E-state index in [1.165, 1.54) is 25.7 Å². The first-order valence-electron chi connectivity index (χ1n) is 16.4. The van der Waals surface area contributed by atoms with Crippen LogP contribution in [0.2, 0.25) is 0 Å². The van der Waals surface area contributed by atoms with Crippen molar-refractivity contribution in [1.29, 1.82) is 5.26 Å². The molecule has 9 heteroatoms. The molecule has 0 N–H and O–H groups in total. The molecule has 2 fully saturated rings. The quantitative estimate of drug-likeness (QED) is 0.160. The van der Waals surface area contributed by atoms with Gasteiger partial charge in [-0.25, -0.2) is 0 Å². The summed E-state index contributed by atoms with van der Waals surface area (Å²) in [5, 5.41) is 10.3. The summed E-state index contributed by atoms with van der Waals surface area (Å²) >= 11 is 0. The molecule has 2 aliphatic rings. The van der Waals surface area contributed by atoms with Crippen molar-refractivity contribution in [1.82, 2.24) is 19.8 Å². The Morgan fingerprint density at radius 3 is 1.64 bits per heavy atom. The van der Waals surface area contributed by atoms with Gasteiger partial charge in [0.1, 0.15) is 19.3 Å². The lowest BCUT2D eigenvalue weighted by atomic mass is 9.91. The third-order valence-electron chi connectivity index (χ3n) is 9.15. The molecule has 0 spiro atoms. The standard InChI is InChI=1S/C38H43N5O4/c1-27-30(25-46-35-16-14-28(37(40-35)44-2)23-42-18-4-5-19-42)10-8-12-32(27)33-13-9-11-31(34(33)22-39)26-47-36-17-15-29(38(41-36)45-3)24-43-20-6-7-21-43/h8-17H,4-7,18-21,23-26H2,1-3H3. The Labute approximate surface area is 277 Å². The predicted molar refractivity (Wildman–Crippen MR) is 181 cm³/mol. The van der Waals surface area contributed by atoms with E-state index in [0.717, 1.165) is 78.2 Å². The summed E-state index contributed by atoms with van der Waals surface area (Å²) in [6.45, 7) is 8.68. The van der Waals surface area contributed by atoms with Crippen LogP contribution in [-0.4, -0.2) is 60.2 Å². The SMILES string of the molecule is COc1nc(OCc2cccc(-c3cccc(COc4ccc(CN5CCCC5)c(OC)n4)c3C#N)c2C)ccc1CN1CCCC1. The Bertz CT molecular complexity index is 1720. The molecule has 9 nitrogen and oxygen atoms in total. The van der Waals surface area contributed by atoms with Gasteiger partial charge in [-0.2, -0.15) is 15.2 Å². The second-order valence-electron chi connectivity index (χ2n) is 12.2. The average molecular weight is 634 g/mol. The zero-order chi connectivity index (χ0) is 32.6. The largest absolute Gasteiger partial charge is 0.481 e. The van der Waals surface area contributed by atoms with Gasteiger partial charge in [0.05, 0.1) is 19.8 Å². The highest BCUT2D eigenvalue weighted by atomic mass is 16.5. The smallest absolute Gasteiger partial charge is 0.220 e. The molecule has 0 saturated carbocycles. The maximum absolute atomic E-state index is 10.3. The van der Waals surface area contributed by atoms with Crippen LogP contribution in [0.15, 0.2) is 60.7 Å². The van der Waals surface area contributed by atoms with Crippen molar-refractivity contribution in [3.63, 3.8) is 0 Å². The molecule has 0 unspecified atom stereocenters. The van der Waals surface area contributed by atoms with Crippen LogP contribution < -0.4 is 18.9 Å². The normalized spacial score (nSPS) is 15.0. The Hall–Kier alpha value is -4.65. The average Bonchev–Trinajstić information content (AvgIpc) is 3.82. The van der Waals surface area contributed by atoms with Crippen LogP contribution in [0, 0.1) is 18.3 Å². The van der Waals surface area contributed by atoms with Gasteiger partial charge in [-0.05, 0) is 87.6 Å². The molecule has 47 heavy (non-hydrogen) atoms. The lowest BCUT2D eigenvalue weighted by Crippen LogP contribution is -2.19. The van der Waals surface area contributed by atoms with Crippen LogP contribution in [0.1, 0.15) is 59.1 Å². The van der Waals surface area contributed by atoms with Gasteiger partial charge in [0, 0.05) is 47.5 Å². The van der Waals surface area contributed by atoms with Crippen LogP contribution in [0.5, 0.6) is 23.5 Å². The minimum Gasteiger partial charge on any atom is -0.481 e. The molecule has 244 valence electrons. The van der Waals surface area contributed by atoms with Crippen molar-refractivity contribution in [3.05, 3.63) is 94.0 Å². The fourth-order valence-corrected chi connectivity index (χ4v) is 6.53. The van der Waals surface area contributed by atoms with Crippen molar-refractivity contribution < 1.29 is 18.9 Å². The minimum atomic E-state index is 0.210. The van der Waals surface area contributed by atoms with Crippen LogP contribution in [-0.2, 0) is 26.3 Å². The van der Waals surface area contributed by atoms with E-state index >= 15 is 0 Å². The van der Waals surface area contributed by atoms with E-state index in [9.17, 15) is 5.26 Å². The Morgan fingerprint density at radius 2 is 1.13 bits per heavy atom. The van der Waals surface area contributed by atoms with E-state index in [2.05, 4.69) is 32.8 Å². The van der Waals surface area contributed by atoms with Gasteiger partial charge in [-0.15, -0.1) is 0 Å². The fourth-order valence-electron chi connectivity index (χ4n) is 6.53. The van der Waals surface area contributed by atoms with Crippen molar-refractivity contribution in [2.75, 3.05) is 40.4 Å². The van der Waals surface area contributed by atoms with Gasteiger partial charge in [0.25, 0.3) is 0 Å². The summed E-state index contributed by atoms with van der Waals surface area (Å²) in [5.41, 5.74) is 7.36. The maximum atomic E-state index is 10.3. The zero-order valence-electron chi connectivity index (χ0n) is 27.6. The van der Waals surface area contributed by atoms with E-state index in [0.29, 0.717) is 35.7 Å². The molecule has 0 atom stereocenters. The molecule has 2 aromatic heterocycles. The molecular weight excluding hydrogens is 590 g/mol. The number of hydrogen-bond acceptors (Lipinski definition) is 9. The second kappa shape index (κ2) is 15.3. The first-order valence-corrected chi connectivity index (χ1v) is 16.4. The monoisotopic (exact) mass is 633 g/mol. The first-order chi connectivity index (χ1) is 23.1. The molecule has 0 radical (unpaired) electrons. The van der Waals surface area contributed by atoms with Crippen LogP contribution in [0.4, 0.5) is 0 Å². The number of likely N-dealkylation sites (tertiary alicyclic amines) is 2. The molecule has 6 rings (SSSR count). The summed E-state index contributed by atoms with van der Waals surface area (Å²) in [6, 6.07) is 22.2. The number of nitrogens with zero attached hydrogens (tertiary/aromatic N) is 5. The van der Waals surface area contributed by atoms with Gasteiger partial charge < -0.3 is 18.9 Å². The highest BCUT2D eigenvalue weighted by Gasteiger charge is 2.19. The molecule has 2 aromatic carbocycles. The highest BCUT2D eigenvalue weighted by molar-refractivity contribution is 5.75. The first kappa shape index (κ1) is 32.3. The summed E-state index contributed by atoms with van der Waals surface area (Å²) in [6.07, 6.45) is 4.94. The van der Waals surface area contributed by atoms with Crippen LogP contribution in [0.25, 0.3) is 11.1 Å². The highest BCUT2D eigenvalue weighted by Crippen LogP contribution is 2.32. The Kier molecular flexibility index (Phi) is 10.5. The van der Waals surface area contributed by atoms with Gasteiger partial charge in [-0.3, -0.25) is 9.80 Å². The van der Waals surface area contributed by atoms with Crippen LogP contribution in [0.3, 0.4) is 0 Å². The summed E-state index contributed by atoms with van der Waals surface area (Å²) in [4.78, 5) is 14.1. The van der Waals surface area contributed by atoms with Gasteiger partial charge in [0.2, 0.25) is 23.5 Å². The van der Waals surface area contributed by atoms with E-state index in [-0.39, 0.29) is 6.61 Å². The van der Waals surface area contributed by atoms with Gasteiger partial charge in [0.15, 0.2) is 0 Å². The number of aromatic nitrogens is 2. The lowest BCUT2D eigenvalue weighted by molar-refractivity contribution is 0.281. The van der Waals surface area contributed by atoms with E-state index in [1.54, 1.807) is 14.2 Å². The topological polar surface area (TPSA) is 93.0 Å². The molecule has 0 amide bonds. The lowest BCUT2D eigenvalue weighted by Gasteiger charge is -2.18. The number of rotatable bonds is 13. The number of pyridine rings is 2. The molecule has 0 bridgehead atoms. The maximum Gasteiger partial charge on any atom is 0.220 e. The molecule has 4 aromatic rings. The third-order valence-corrected chi connectivity index (χ3v) is 9.15. The van der Waals surface area contributed by atoms with Crippen LogP contribution >= 0.6 is 0 Å². The summed E-state index contributed by atoms with van der Waals surface area (Å²) in [7, 11) is 3.29. The molecule has 0 aliphatic carbocycles. The minimum absolute atomic E-state index is 0.210. The molecule has 2 aliphatic heterocycles. The zero-order valence-corrected chi connectivity index (χ0v) is 27.6. The number of methoxy groups -OCH3 is 2. The number of hydrogen-bond donors (Lipinski definition) is 0. The summed E-state index contributed by atoms with van der Waals surface area (Å²) < 4.78 is 23.5. The third kappa shape index (κ3) is 7.67. The van der Waals surface area contributed by atoms with Crippen molar-refractivity contribution in [2.24, 2.45) is 0 Å². The Balaban J connectivity index is 1.15. The van der Waals surface area contributed by atoms with E-state index in [1.807, 2.05) is 60.7 Å². The number of nitriles is 1. The number of benzene rings is 2. The predicted octanol–water partition coefficient (Wildman–Crippen LogP) is 6.69. The molecule has 2 saturated heterocycles. The molecular formula is C38H43N5O4. The summed E-state index contributed by atoms with van der Waals surface area (Å²) in [5.74, 6) is 2.16. The Morgan fingerprint density at radius 1 is 0.638 bits per heavy atom. The van der Waals surface area contributed by atoms with Crippen molar-refractivity contribution >= 4 is 0 Å². The van der Waals surface area contributed by atoms with E-state index < -0.39 is 0 Å². The van der Waals surface area contributed by atoms with Crippen molar-refractivity contribution in [3.8, 4) is 40.7 Å². The molecule has 4 heterocycles. The van der Waals surface area contributed by atoms with Gasteiger partial charge in [-0.1, -0.05) is 36.4 Å². The second-order valence-corrected chi connectivity index (χ2v) is 12.2. The van der Waals surface area contributed by atoms with E-state index in [4.69, 9.17) is 18.9 Å². The number of ether oxygens (including phenoxy) is 4. The van der Waals surface area contributed by atoms with Gasteiger partial charge >= 0.3 is 0 Å².